The minimum absolute atomic E-state index is 0.383. The lowest BCUT2D eigenvalue weighted by molar-refractivity contribution is 0.246. The molecule has 94 valence electrons. The van der Waals surface area contributed by atoms with E-state index < -0.39 is 10.8 Å². The van der Waals surface area contributed by atoms with E-state index in [2.05, 4.69) is 26.1 Å². The van der Waals surface area contributed by atoms with Crippen LogP contribution < -0.4 is 5.32 Å². The van der Waals surface area contributed by atoms with E-state index in [0.717, 1.165) is 24.8 Å². The molecule has 2 rings (SSSR count). The van der Waals surface area contributed by atoms with Crippen molar-refractivity contribution in [2.24, 2.45) is 11.8 Å². The van der Waals surface area contributed by atoms with Gasteiger partial charge in [0.25, 0.3) is 0 Å². The van der Waals surface area contributed by atoms with Gasteiger partial charge in [-0.15, -0.1) is 0 Å². The van der Waals surface area contributed by atoms with Crippen molar-refractivity contribution >= 4 is 10.8 Å². The monoisotopic (exact) mass is 243 g/mol. The van der Waals surface area contributed by atoms with E-state index in [0.29, 0.717) is 16.5 Å². The zero-order chi connectivity index (χ0) is 11.7. The molecule has 0 amide bonds. The molecule has 5 atom stereocenters. The Bertz CT molecular complexity index is 267. The normalized spacial score (nSPS) is 45.1. The molecule has 1 saturated heterocycles. The topological polar surface area (TPSA) is 29.1 Å². The van der Waals surface area contributed by atoms with E-state index in [1.165, 1.54) is 19.3 Å². The highest BCUT2D eigenvalue weighted by Crippen LogP contribution is 2.34. The average molecular weight is 243 g/mol. The quantitative estimate of drug-likeness (QED) is 0.766. The second kappa shape index (κ2) is 5.18. The lowest BCUT2D eigenvalue weighted by Crippen LogP contribution is -2.46. The largest absolute Gasteiger partial charge is 0.313 e. The van der Waals surface area contributed by atoms with Gasteiger partial charge in [-0.25, -0.2) is 0 Å². The van der Waals surface area contributed by atoms with Crippen LogP contribution in [0.2, 0.25) is 0 Å². The van der Waals surface area contributed by atoms with Crippen LogP contribution in [0.1, 0.15) is 46.5 Å². The minimum Gasteiger partial charge on any atom is -0.313 e. The lowest BCUT2D eigenvalue weighted by Gasteiger charge is -2.37. The summed E-state index contributed by atoms with van der Waals surface area (Å²) in [4.78, 5) is 0. The Morgan fingerprint density at radius 3 is 2.69 bits per heavy atom. The molecule has 1 saturated carbocycles. The van der Waals surface area contributed by atoms with E-state index in [-0.39, 0.29) is 0 Å². The molecule has 1 aliphatic heterocycles. The summed E-state index contributed by atoms with van der Waals surface area (Å²) in [5.41, 5.74) is 0. The molecule has 0 spiro atoms. The zero-order valence-electron chi connectivity index (χ0n) is 10.7. The van der Waals surface area contributed by atoms with Crippen molar-refractivity contribution in [3.63, 3.8) is 0 Å². The number of fused-ring (bicyclic) bond motifs is 1. The summed E-state index contributed by atoms with van der Waals surface area (Å²) in [5.74, 6) is 1.54. The van der Waals surface area contributed by atoms with Gasteiger partial charge >= 0.3 is 0 Å². The molecule has 2 nitrogen and oxygen atoms in total. The Kier molecular flexibility index (Phi) is 4.06. The van der Waals surface area contributed by atoms with Crippen molar-refractivity contribution in [1.29, 1.82) is 0 Å². The highest BCUT2D eigenvalue weighted by molar-refractivity contribution is 7.86. The van der Waals surface area contributed by atoms with Gasteiger partial charge in [0.05, 0.1) is 5.25 Å². The molecule has 0 aromatic heterocycles. The van der Waals surface area contributed by atoms with Gasteiger partial charge in [0.1, 0.15) is 0 Å². The number of nitrogens with one attached hydrogen (secondary N) is 1. The van der Waals surface area contributed by atoms with E-state index in [4.69, 9.17) is 0 Å². The molecule has 0 aromatic carbocycles. The maximum absolute atomic E-state index is 12.4. The molecule has 2 fully saturated rings. The van der Waals surface area contributed by atoms with Crippen LogP contribution >= 0.6 is 0 Å². The fraction of sp³-hybridized carbons (Fsp3) is 1.00. The fourth-order valence-electron chi connectivity index (χ4n) is 3.14. The summed E-state index contributed by atoms with van der Waals surface area (Å²) in [6.45, 7) is 7.82. The average Bonchev–Trinajstić information content (AvgIpc) is 2.40. The van der Waals surface area contributed by atoms with E-state index >= 15 is 0 Å². The highest BCUT2D eigenvalue weighted by atomic mass is 32.2. The summed E-state index contributed by atoms with van der Waals surface area (Å²) in [7, 11) is -0.619. The zero-order valence-corrected chi connectivity index (χ0v) is 11.6. The van der Waals surface area contributed by atoms with Gasteiger partial charge in [-0.05, 0) is 44.1 Å². The Morgan fingerprint density at radius 1 is 1.25 bits per heavy atom. The summed E-state index contributed by atoms with van der Waals surface area (Å²) >= 11 is 0. The van der Waals surface area contributed by atoms with Gasteiger partial charge in [0.15, 0.2) is 0 Å². The molecule has 1 aliphatic carbocycles. The molecule has 0 radical (unpaired) electrons. The molecule has 1 heterocycles. The van der Waals surface area contributed by atoms with Crippen molar-refractivity contribution in [2.45, 2.75) is 63.0 Å². The maximum Gasteiger partial charge on any atom is 0.0506 e. The van der Waals surface area contributed by atoms with Crippen LogP contribution in [0.4, 0.5) is 0 Å². The molecule has 0 bridgehead atoms. The standard InChI is InChI=1S/C13H25NOS/c1-9(2)11-4-5-12-13(8-11)16(15)10(3)6-7-14-12/h9-14H,4-8H2,1-3H3. The van der Waals surface area contributed by atoms with Gasteiger partial charge in [-0.1, -0.05) is 20.8 Å². The van der Waals surface area contributed by atoms with Crippen molar-refractivity contribution < 1.29 is 4.21 Å². The highest BCUT2D eigenvalue weighted by Gasteiger charge is 2.38. The number of hydrogen-bond donors (Lipinski definition) is 1. The molecule has 2 aliphatic rings. The van der Waals surface area contributed by atoms with Crippen LogP contribution in [-0.4, -0.2) is 27.3 Å². The van der Waals surface area contributed by atoms with Gasteiger partial charge in [0.2, 0.25) is 0 Å². The van der Waals surface area contributed by atoms with E-state index in [1.807, 2.05) is 0 Å². The molecule has 1 N–H and O–H groups in total. The summed E-state index contributed by atoms with van der Waals surface area (Å²) in [5, 5.41) is 4.41. The first-order chi connectivity index (χ1) is 7.59. The first kappa shape index (κ1) is 12.6. The first-order valence-electron chi connectivity index (χ1n) is 6.72. The van der Waals surface area contributed by atoms with Gasteiger partial charge in [-0.2, -0.15) is 0 Å². The third-order valence-corrected chi connectivity index (χ3v) is 6.57. The minimum atomic E-state index is -0.619. The number of hydrogen-bond acceptors (Lipinski definition) is 2. The Balaban J connectivity index is 2.09. The lowest BCUT2D eigenvalue weighted by atomic mass is 9.79. The predicted octanol–water partition coefficient (Wildman–Crippen LogP) is 2.31. The van der Waals surface area contributed by atoms with Crippen LogP contribution in [-0.2, 0) is 10.8 Å². The summed E-state index contributed by atoms with van der Waals surface area (Å²) < 4.78 is 12.4. The summed E-state index contributed by atoms with van der Waals surface area (Å²) in [6, 6.07) is 0.529. The smallest absolute Gasteiger partial charge is 0.0506 e. The van der Waals surface area contributed by atoms with Crippen LogP contribution in [0.25, 0.3) is 0 Å². The molecule has 0 aromatic rings. The maximum atomic E-state index is 12.4. The second-order valence-electron chi connectivity index (χ2n) is 5.84. The fourth-order valence-corrected chi connectivity index (χ4v) is 5.08. The Morgan fingerprint density at radius 2 is 2.00 bits per heavy atom. The first-order valence-corrected chi connectivity index (χ1v) is 8.00. The molecule has 5 unspecified atom stereocenters. The molecular weight excluding hydrogens is 218 g/mol. The molecule has 16 heavy (non-hydrogen) atoms. The van der Waals surface area contributed by atoms with Crippen LogP contribution in [0, 0.1) is 11.8 Å². The van der Waals surface area contributed by atoms with E-state index in [9.17, 15) is 4.21 Å². The van der Waals surface area contributed by atoms with Gasteiger partial charge < -0.3 is 5.32 Å². The second-order valence-corrected chi connectivity index (χ2v) is 7.91. The summed E-state index contributed by atoms with van der Waals surface area (Å²) in [6.07, 6.45) is 4.79. The molecule has 3 heteroatoms. The van der Waals surface area contributed by atoms with Crippen LogP contribution in [0.3, 0.4) is 0 Å². The molecular formula is C13H25NOS. The SMILES string of the molecule is CC(C)C1CCC2NCCC(C)S(=O)C2C1. The van der Waals surface area contributed by atoms with Gasteiger partial charge in [-0.3, -0.25) is 4.21 Å². The third-order valence-electron chi connectivity index (χ3n) is 4.43. The van der Waals surface area contributed by atoms with E-state index in [1.54, 1.807) is 0 Å². The van der Waals surface area contributed by atoms with Gasteiger partial charge in [0, 0.05) is 22.1 Å². The Hall–Kier alpha value is 0.110. The van der Waals surface area contributed by atoms with Crippen molar-refractivity contribution in [1.82, 2.24) is 5.32 Å². The number of rotatable bonds is 1. The van der Waals surface area contributed by atoms with Crippen LogP contribution in [0.5, 0.6) is 0 Å². The van der Waals surface area contributed by atoms with Crippen molar-refractivity contribution in [3.05, 3.63) is 0 Å². The predicted molar refractivity (Wildman–Crippen MR) is 70.0 cm³/mol. The van der Waals surface area contributed by atoms with Crippen molar-refractivity contribution in [3.8, 4) is 0 Å². The third kappa shape index (κ3) is 2.51. The van der Waals surface area contributed by atoms with Crippen molar-refractivity contribution in [2.75, 3.05) is 6.54 Å². The Labute approximate surface area is 102 Å². The van der Waals surface area contributed by atoms with Crippen LogP contribution in [0.15, 0.2) is 0 Å².